The minimum Gasteiger partial charge on any atom is -0.399 e. The molecule has 0 fully saturated rings. The zero-order valence-electron chi connectivity index (χ0n) is 10.1. The number of hydrogen-bond acceptors (Lipinski definition) is 1. The Morgan fingerprint density at radius 3 is 1.53 bits per heavy atom. The zero-order chi connectivity index (χ0) is 11.9. The lowest BCUT2D eigenvalue weighted by Gasteiger charge is -2.13. The number of nitrogens with two attached hydrogens (primary N) is 1. The normalized spacial score (nSPS) is 13.2. The highest BCUT2D eigenvalue weighted by Gasteiger charge is 2.05. The number of anilines is 1. The maximum Gasteiger partial charge on any atom is 0.0313 e. The summed E-state index contributed by atoms with van der Waals surface area (Å²) in [6, 6.07) is 18.3. The van der Waals surface area contributed by atoms with Gasteiger partial charge in [-0.05, 0) is 48.9 Å². The molecular weight excluding hydrogens is 206 g/mol. The van der Waals surface area contributed by atoms with Crippen LogP contribution in [0.5, 0.6) is 0 Å². The van der Waals surface area contributed by atoms with Crippen molar-refractivity contribution in [1.29, 1.82) is 0 Å². The van der Waals surface area contributed by atoms with Crippen LogP contribution in [-0.2, 0) is 12.8 Å². The second-order valence-electron chi connectivity index (χ2n) is 4.39. The van der Waals surface area contributed by atoms with Crippen LogP contribution in [0.2, 0.25) is 0 Å². The number of nitrogen functional groups attached to an aromatic ring is 1. The Morgan fingerprint density at radius 2 is 1.12 bits per heavy atom. The summed E-state index contributed by atoms with van der Waals surface area (Å²) in [4.78, 5) is 0. The summed E-state index contributed by atoms with van der Waals surface area (Å²) >= 11 is 0. The van der Waals surface area contributed by atoms with E-state index in [2.05, 4.69) is 24.3 Å². The van der Waals surface area contributed by atoms with Crippen LogP contribution >= 0.6 is 0 Å². The fourth-order valence-corrected chi connectivity index (χ4v) is 2.13. The molecule has 0 atom stereocenters. The number of rotatable bonds is 0. The Kier molecular flexibility index (Phi) is 4.20. The van der Waals surface area contributed by atoms with Gasteiger partial charge in [-0.25, -0.2) is 0 Å². The van der Waals surface area contributed by atoms with E-state index < -0.39 is 0 Å². The standard InChI is InChI=1S/C10H12.C6H7N/c1-2-6-10-8-4-3-7-9(10)5-1;7-6-4-2-1-3-5-6/h1-2,5-6H,3-4,7-8H2;1-5H,7H2. The van der Waals surface area contributed by atoms with Crippen molar-refractivity contribution in [2.45, 2.75) is 25.7 Å². The van der Waals surface area contributed by atoms with Crippen LogP contribution in [0.1, 0.15) is 24.0 Å². The summed E-state index contributed by atoms with van der Waals surface area (Å²) in [6.07, 6.45) is 5.38. The third kappa shape index (κ3) is 3.63. The molecule has 0 spiro atoms. The Labute approximate surface area is 103 Å². The van der Waals surface area contributed by atoms with Gasteiger partial charge >= 0.3 is 0 Å². The molecule has 1 nitrogen and oxygen atoms in total. The molecule has 0 aliphatic heterocycles. The molecular formula is C16H19N. The molecule has 1 heteroatoms. The van der Waals surface area contributed by atoms with E-state index in [1.165, 1.54) is 25.7 Å². The van der Waals surface area contributed by atoms with Gasteiger partial charge in [-0.1, -0.05) is 42.5 Å². The van der Waals surface area contributed by atoms with Crippen LogP contribution in [0.15, 0.2) is 54.6 Å². The molecule has 0 unspecified atom stereocenters. The molecule has 2 aromatic carbocycles. The maximum absolute atomic E-state index is 5.36. The van der Waals surface area contributed by atoms with Crippen LogP contribution in [0.3, 0.4) is 0 Å². The fraction of sp³-hybridized carbons (Fsp3) is 0.250. The van der Waals surface area contributed by atoms with Crippen molar-refractivity contribution in [3.05, 3.63) is 65.7 Å². The second kappa shape index (κ2) is 6.09. The van der Waals surface area contributed by atoms with Crippen molar-refractivity contribution < 1.29 is 0 Å². The quantitative estimate of drug-likeness (QED) is 0.677. The van der Waals surface area contributed by atoms with Crippen LogP contribution in [0, 0.1) is 0 Å². The van der Waals surface area contributed by atoms with Crippen molar-refractivity contribution in [1.82, 2.24) is 0 Å². The van der Waals surface area contributed by atoms with E-state index in [0.29, 0.717) is 0 Å². The van der Waals surface area contributed by atoms with Gasteiger partial charge in [-0.15, -0.1) is 0 Å². The van der Waals surface area contributed by atoms with Crippen molar-refractivity contribution in [3.63, 3.8) is 0 Å². The van der Waals surface area contributed by atoms with E-state index >= 15 is 0 Å². The first-order valence-corrected chi connectivity index (χ1v) is 6.23. The highest BCUT2D eigenvalue weighted by molar-refractivity contribution is 5.35. The van der Waals surface area contributed by atoms with Gasteiger partial charge in [0.2, 0.25) is 0 Å². The molecule has 1 aliphatic rings. The number of aryl methyl sites for hydroxylation is 2. The largest absolute Gasteiger partial charge is 0.399 e. The van der Waals surface area contributed by atoms with Gasteiger partial charge in [-0.2, -0.15) is 0 Å². The first kappa shape index (κ1) is 11.7. The average Bonchev–Trinajstić information content (AvgIpc) is 2.41. The fourth-order valence-electron chi connectivity index (χ4n) is 2.13. The van der Waals surface area contributed by atoms with Crippen LogP contribution < -0.4 is 5.73 Å². The third-order valence-corrected chi connectivity index (χ3v) is 3.06. The van der Waals surface area contributed by atoms with Gasteiger partial charge in [0.05, 0.1) is 0 Å². The first-order valence-electron chi connectivity index (χ1n) is 6.23. The lowest BCUT2D eigenvalue weighted by atomic mass is 9.92. The predicted molar refractivity (Wildman–Crippen MR) is 73.9 cm³/mol. The number of fused-ring (bicyclic) bond motifs is 1. The molecule has 0 saturated heterocycles. The van der Waals surface area contributed by atoms with Gasteiger partial charge in [0.1, 0.15) is 0 Å². The van der Waals surface area contributed by atoms with E-state index in [1.807, 2.05) is 30.3 Å². The Morgan fingerprint density at radius 1 is 0.647 bits per heavy atom. The van der Waals surface area contributed by atoms with E-state index in [-0.39, 0.29) is 0 Å². The molecule has 17 heavy (non-hydrogen) atoms. The minimum absolute atomic E-state index is 0.822. The van der Waals surface area contributed by atoms with Crippen molar-refractivity contribution in [3.8, 4) is 0 Å². The average molecular weight is 225 g/mol. The molecule has 2 aromatic rings. The summed E-state index contributed by atoms with van der Waals surface area (Å²) in [7, 11) is 0. The maximum atomic E-state index is 5.36. The Bertz CT molecular complexity index is 423. The summed E-state index contributed by atoms with van der Waals surface area (Å²) in [5.74, 6) is 0. The lowest BCUT2D eigenvalue weighted by molar-refractivity contribution is 0.685. The summed E-state index contributed by atoms with van der Waals surface area (Å²) in [6.45, 7) is 0. The van der Waals surface area contributed by atoms with Gasteiger partial charge in [0.15, 0.2) is 0 Å². The van der Waals surface area contributed by atoms with Crippen LogP contribution in [0.25, 0.3) is 0 Å². The molecule has 2 N–H and O–H groups in total. The SMILES string of the molecule is Nc1ccccc1.c1ccc2c(c1)CCCC2. The molecule has 88 valence electrons. The third-order valence-electron chi connectivity index (χ3n) is 3.06. The highest BCUT2D eigenvalue weighted by atomic mass is 14.5. The van der Waals surface area contributed by atoms with Crippen LogP contribution in [0.4, 0.5) is 5.69 Å². The van der Waals surface area contributed by atoms with E-state index in [0.717, 1.165) is 5.69 Å². The Balaban J connectivity index is 0.000000136. The van der Waals surface area contributed by atoms with Crippen molar-refractivity contribution in [2.24, 2.45) is 0 Å². The molecule has 0 aromatic heterocycles. The first-order chi connectivity index (χ1) is 8.36. The number of hydrogen-bond donors (Lipinski definition) is 1. The summed E-state index contributed by atoms with van der Waals surface area (Å²) in [5.41, 5.74) is 9.33. The molecule has 0 heterocycles. The van der Waals surface area contributed by atoms with Crippen LogP contribution in [-0.4, -0.2) is 0 Å². The molecule has 3 rings (SSSR count). The number of para-hydroxylation sites is 1. The van der Waals surface area contributed by atoms with Crippen molar-refractivity contribution in [2.75, 3.05) is 5.73 Å². The highest BCUT2D eigenvalue weighted by Crippen LogP contribution is 2.19. The monoisotopic (exact) mass is 225 g/mol. The number of benzene rings is 2. The van der Waals surface area contributed by atoms with Gasteiger partial charge in [0.25, 0.3) is 0 Å². The summed E-state index contributed by atoms with van der Waals surface area (Å²) in [5, 5.41) is 0. The predicted octanol–water partition coefficient (Wildman–Crippen LogP) is 3.83. The molecule has 0 radical (unpaired) electrons. The lowest BCUT2D eigenvalue weighted by Crippen LogP contribution is -2.00. The van der Waals surface area contributed by atoms with Crippen molar-refractivity contribution >= 4 is 5.69 Å². The Hall–Kier alpha value is -1.76. The molecule has 0 saturated carbocycles. The smallest absolute Gasteiger partial charge is 0.0313 e. The minimum atomic E-state index is 0.822. The van der Waals surface area contributed by atoms with E-state index in [4.69, 9.17) is 5.73 Å². The van der Waals surface area contributed by atoms with E-state index in [9.17, 15) is 0 Å². The molecule has 1 aliphatic carbocycles. The molecule has 0 bridgehead atoms. The van der Waals surface area contributed by atoms with Gasteiger partial charge < -0.3 is 5.73 Å². The summed E-state index contributed by atoms with van der Waals surface area (Å²) < 4.78 is 0. The topological polar surface area (TPSA) is 26.0 Å². The zero-order valence-corrected chi connectivity index (χ0v) is 10.1. The second-order valence-corrected chi connectivity index (χ2v) is 4.39. The molecule has 0 amide bonds. The van der Waals surface area contributed by atoms with E-state index in [1.54, 1.807) is 11.1 Å². The van der Waals surface area contributed by atoms with Gasteiger partial charge in [0, 0.05) is 5.69 Å². The van der Waals surface area contributed by atoms with Gasteiger partial charge in [-0.3, -0.25) is 0 Å².